The summed E-state index contributed by atoms with van der Waals surface area (Å²) in [6.07, 6.45) is 0. The van der Waals surface area contributed by atoms with Gasteiger partial charge in [0.05, 0.1) is 10.7 Å². The lowest BCUT2D eigenvalue weighted by Crippen LogP contribution is -2.11. The highest BCUT2D eigenvalue weighted by Gasteiger charge is 2.13. The predicted molar refractivity (Wildman–Crippen MR) is 68.8 cm³/mol. The summed E-state index contributed by atoms with van der Waals surface area (Å²) in [5.41, 5.74) is 6.60. The Bertz CT molecular complexity index is 315. The third kappa shape index (κ3) is 2.66. The number of rotatable bonds is 2. The molecule has 0 spiro atoms. The average Bonchev–Trinajstić information content (AvgIpc) is 2.02. The molecule has 2 N–H and O–H groups in total. The molecule has 1 aromatic rings. The highest BCUT2D eigenvalue weighted by atomic mass is 127. The van der Waals surface area contributed by atoms with Crippen molar-refractivity contribution in [3.05, 3.63) is 19.0 Å². The van der Waals surface area contributed by atoms with Crippen molar-refractivity contribution in [2.24, 2.45) is 5.73 Å². The molecule has 0 aliphatic carbocycles. The molecule has 1 heterocycles. The Hall–Kier alpha value is 0.370. The van der Waals surface area contributed by atoms with Crippen LogP contribution in [0, 0.1) is 7.27 Å². The zero-order chi connectivity index (χ0) is 10.0. The van der Waals surface area contributed by atoms with Crippen molar-refractivity contribution in [3.63, 3.8) is 0 Å². The summed E-state index contributed by atoms with van der Waals surface area (Å²) in [5.74, 6) is 0.788. The van der Waals surface area contributed by atoms with Crippen LogP contribution in [0.3, 0.4) is 0 Å². The maximum atomic E-state index is 5.78. The maximum absolute atomic E-state index is 5.78. The van der Waals surface area contributed by atoms with Gasteiger partial charge in [-0.3, -0.25) is 0 Å². The molecule has 1 aromatic heterocycles. The molecule has 0 fully saturated rings. The molecule has 1 unspecified atom stereocenters. The summed E-state index contributed by atoms with van der Waals surface area (Å²) in [5, 5.41) is 0. The monoisotopic (exact) mass is 404 g/mol. The van der Waals surface area contributed by atoms with E-state index < -0.39 is 0 Å². The molecule has 5 heteroatoms. The highest BCUT2D eigenvalue weighted by Crippen LogP contribution is 2.28. The second-order valence-corrected chi connectivity index (χ2v) is 4.90. The van der Waals surface area contributed by atoms with Gasteiger partial charge in [0.25, 0.3) is 0 Å². The van der Waals surface area contributed by atoms with Crippen molar-refractivity contribution < 1.29 is 4.74 Å². The van der Waals surface area contributed by atoms with Gasteiger partial charge in [0, 0.05) is 6.04 Å². The van der Waals surface area contributed by atoms with Gasteiger partial charge in [-0.05, 0) is 58.2 Å². The normalized spacial score (nSPS) is 12.7. The van der Waals surface area contributed by atoms with Crippen LogP contribution in [0.15, 0.2) is 6.07 Å². The first-order valence-corrected chi connectivity index (χ1v) is 5.87. The Kier molecular flexibility index (Phi) is 4.17. The lowest BCUT2D eigenvalue weighted by Gasteiger charge is -2.12. The van der Waals surface area contributed by atoms with E-state index >= 15 is 0 Å². The number of methoxy groups -OCH3 is 1. The SMILES string of the molecule is COc1c(I)cc(I)nc1C(C)N. The first-order chi connectivity index (χ1) is 6.06. The van der Waals surface area contributed by atoms with Crippen LogP contribution >= 0.6 is 45.2 Å². The molecule has 0 radical (unpaired) electrons. The zero-order valence-corrected chi connectivity index (χ0v) is 11.7. The fraction of sp³-hybridized carbons (Fsp3) is 0.375. The van der Waals surface area contributed by atoms with Gasteiger partial charge in [0.1, 0.15) is 9.39 Å². The molecule has 0 aromatic carbocycles. The molecule has 0 aliphatic heterocycles. The summed E-state index contributed by atoms with van der Waals surface area (Å²) in [4.78, 5) is 4.34. The lowest BCUT2D eigenvalue weighted by molar-refractivity contribution is 0.400. The number of pyridine rings is 1. The van der Waals surface area contributed by atoms with Crippen LogP contribution < -0.4 is 10.5 Å². The number of halogens is 2. The van der Waals surface area contributed by atoms with Gasteiger partial charge in [-0.15, -0.1) is 0 Å². The Morgan fingerprint density at radius 2 is 2.15 bits per heavy atom. The predicted octanol–water partition coefficient (Wildman–Crippen LogP) is 2.32. The number of hydrogen-bond donors (Lipinski definition) is 1. The standard InChI is InChI=1S/C8H10I2N2O/c1-4(11)7-8(13-2)5(9)3-6(10)12-7/h3-4H,11H2,1-2H3. The lowest BCUT2D eigenvalue weighted by atomic mass is 10.2. The van der Waals surface area contributed by atoms with Crippen LogP contribution in [-0.4, -0.2) is 12.1 Å². The van der Waals surface area contributed by atoms with Crippen LogP contribution in [0.1, 0.15) is 18.7 Å². The second-order valence-electron chi connectivity index (χ2n) is 2.63. The maximum Gasteiger partial charge on any atom is 0.155 e. The number of hydrogen-bond acceptors (Lipinski definition) is 3. The zero-order valence-electron chi connectivity index (χ0n) is 7.34. The minimum absolute atomic E-state index is 0.0989. The molecule has 0 aliphatic rings. The molecule has 0 saturated carbocycles. The van der Waals surface area contributed by atoms with Gasteiger partial charge in [-0.1, -0.05) is 0 Å². The molecule has 1 atom stereocenters. The Morgan fingerprint density at radius 3 is 2.62 bits per heavy atom. The third-order valence-corrected chi connectivity index (χ3v) is 2.91. The fourth-order valence-electron chi connectivity index (χ4n) is 1.00. The van der Waals surface area contributed by atoms with E-state index in [2.05, 4.69) is 50.2 Å². The van der Waals surface area contributed by atoms with Crippen LogP contribution in [0.25, 0.3) is 0 Å². The highest BCUT2D eigenvalue weighted by molar-refractivity contribution is 14.1. The number of ether oxygens (including phenoxy) is 1. The van der Waals surface area contributed by atoms with E-state index in [0.717, 1.165) is 18.7 Å². The Balaban J connectivity index is 3.29. The molecule has 72 valence electrons. The van der Waals surface area contributed by atoms with Gasteiger partial charge in [-0.25, -0.2) is 4.98 Å². The molecular formula is C8H10I2N2O. The molecule has 0 saturated heterocycles. The summed E-state index contributed by atoms with van der Waals surface area (Å²) >= 11 is 4.39. The van der Waals surface area contributed by atoms with E-state index in [9.17, 15) is 0 Å². The van der Waals surface area contributed by atoms with Gasteiger partial charge in [0.15, 0.2) is 5.75 Å². The van der Waals surface area contributed by atoms with Gasteiger partial charge in [0.2, 0.25) is 0 Å². The fourth-order valence-corrected chi connectivity index (χ4v) is 2.96. The number of nitrogens with zero attached hydrogens (tertiary/aromatic N) is 1. The Labute approximate surface area is 105 Å². The number of nitrogens with two attached hydrogens (primary N) is 1. The molecule has 1 rings (SSSR count). The molecule has 0 bridgehead atoms. The summed E-state index contributed by atoms with van der Waals surface area (Å²) in [6.45, 7) is 1.90. The molecular weight excluding hydrogens is 394 g/mol. The first-order valence-electron chi connectivity index (χ1n) is 3.71. The minimum Gasteiger partial charge on any atom is -0.494 e. The molecule has 3 nitrogen and oxygen atoms in total. The van der Waals surface area contributed by atoms with E-state index in [4.69, 9.17) is 10.5 Å². The van der Waals surface area contributed by atoms with E-state index in [0.29, 0.717) is 0 Å². The minimum atomic E-state index is -0.0989. The van der Waals surface area contributed by atoms with Gasteiger partial charge >= 0.3 is 0 Å². The largest absolute Gasteiger partial charge is 0.494 e. The summed E-state index contributed by atoms with van der Waals surface area (Å²) in [6, 6.07) is 1.87. The van der Waals surface area contributed by atoms with Crippen LogP contribution in [0.5, 0.6) is 5.75 Å². The summed E-state index contributed by atoms with van der Waals surface area (Å²) < 4.78 is 7.23. The van der Waals surface area contributed by atoms with Crippen molar-refractivity contribution in [2.45, 2.75) is 13.0 Å². The topological polar surface area (TPSA) is 48.1 Å². The van der Waals surface area contributed by atoms with Crippen molar-refractivity contribution in [1.29, 1.82) is 0 Å². The van der Waals surface area contributed by atoms with Crippen molar-refractivity contribution in [1.82, 2.24) is 4.98 Å². The van der Waals surface area contributed by atoms with Crippen molar-refractivity contribution >= 4 is 45.2 Å². The van der Waals surface area contributed by atoms with Crippen LogP contribution in [0.2, 0.25) is 0 Å². The molecule has 13 heavy (non-hydrogen) atoms. The smallest absolute Gasteiger partial charge is 0.155 e. The average molecular weight is 404 g/mol. The van der Waals surface area contributed by atoms with Crippen LogP contribution in [0.4, 0.5) is 0 Å². The van der Waals surface area contributed by atoms with Crippen molar-refractivity contribution in [3.8, 4) is 5.75 Å². The quantitative estimate of drug-likeness (QED) is 0.609. The summed E-state index contributed by atoms with van der Waals surface area (Å²) in [7, 11) is 1.64. The first kappa shape index (κ1) is 11.4. The van der Waals surface area contributed by atoms with E-state index in [1.807, 2.05) is 13.0 Å². The van der Waals surface area contributed by atoms with E-state index in [1.165, 1.54) is 0 Å². The van der Waals surface area contributed by atoms with Gasteiger partial charge in [-0.2, -0.15) is 0 Å². The second kappa shape index (κ2) is 4.74. The third-order valence-electron chi connectivity index (χ3n) is 1.56. The van der Waals surface area contributed by atoms with Crippen molar-refractivity contribution in [2.75, 3.05) is 7.11 Å². The van der Waals surface area contributed by atoms with E-state index in [-0.39, 0.29) is 6.04 Å². The van der Waals surface area contributed by atoms with E-state index in [1.54, 1.807) is 7.11 Å². The number of aromatic nitrogens is 1. The molecule has 0 amide bonds. The van der Waals surface area contributed by atoms with Crippen LogP contribution in [-0.2, 0) is 0 Å². The Morgan fingerprint density at radius 1 is 1.54 bits per heavy atom. The van der Waals surface area contributed by atoms with Gasteiger partial charge < -0.3 is 10.5 Å².